The Labute approximate surface area is 182 Å². The molecule has 7 heteroatoms. The van der Waals surface area contributed by atoms with Gasteiger partial charge in [0, 0.05) is 16.7 Å². The zero-order valence-electron chi connectivity index (χ0n) is 18.1. The molecule has 0 heterocycles. The average Bonchev–Trinajstić information content (AvgIpc) is 2.71. The van der Waals surface area contributed by atoms with E-state index in [4.69, 9.17) is 4.74 Å². The molecule has 4 aliphatic rings. The van der Waals surface area contributed by atoms with Gasteiger partial charge in [0.1, 0.15) is 6.54 Å². The number of anilines is 1. The quantitative estimate of drug-likeness (QED) is 0.515. The van der Waals surface area contributed by atoms with Crippen LogP contribution in [-0.2, 0) is 19.1 Å². The first kappa shape index (κ1) is 21.5. The van der Waals surface area contributed by atoms with Gasteiger partial charge in [0.05, 0.1) is 0 Å². The van der Waals surface area contributed by atoms with E-state index in [1.54, 1.807) is 24.3 Å². The number of hydrogen-bond acceptors (Lipinski definition) is 5. The molecule has 0 aromatic heterocycles. The first-order chi connectivity index (χ1) is 14.7. The smallest absolute Gasteiger partial charge is 0.326 e. The molecule has 2 amide bonds. The molecule has 2 N–H and O–H groups in total. The molecule has 1 atom stereocenters. The number of carbonyl (C=O) groups is 4. The Morgan fingerprint density at radius 2 is 1.55 bits per heavy atom. The monoisotopic (exact) mass is 426 g/mol. The minimum absolute atomic E-state index is 0.0359. The molecule has 1 aromatic carbocycles. The third-order valence-electron chi connectivity index (χ3n) is 7.15. The largest absolute Gasteiger partial charge is 0.451 e. The van der Waals surface area contributed by atoms with Crippen molar-refractivity contribution in [1.82, 2.24) is 5.32 Å². The number of benzene rings is 1. The Morgan fingerprint density at radius 1 is 1.00 bits per heavy atom. The molecule has 7 nitrogen and oxygen atoms in total. The van der Waals surface area contributed by atoms with Gasteiger partial charge >= 0.3 is 5.97 Å². The van der Waals surface area contributed by atoms with E-state index in [0.717, 1.165) is 19.3 Å². The second kappa shape index (κ2) is 8.44. The van der Waals surface area contributed by atoms with Gasteiger partial charge in [0.15, 0.2) is 11.9 Å². The fourth-order valence-corrected chi connectivity index (χ4v) is 6.05. The summed E-state index contributed by atoms with van der Waals surface area (Å²) in [7, 11) is 0. The normalized spacial score (nSPS) is 29.2. The maximum atomic E-state index is 12.9. The number of Topliss-reactive ketones (excluding diaryl/α,β-unsaturated/α-hetero) is 1. The summed E-state index contributed by atoms with van der Waals surface area (Å²) in [6.07, 6.45) is 5.54. The number of esters is 1. The Balaban J connectivity index is 1.24. The molecule has 4 fully saturated rings. The van der Waals surface area contributed by atoms with E-state index in [-0.39, 0.29) is 23.7 Å². The Bertz CT molecular complexity index is 856. The summed E-state index contributed by atoms with van der Waals surface area (Å²) in [5.74, 6) is 0.748. The minimum atomic E-state index is -1.00. The highest BCUT2D eigenvalue weighted by Crippen LogP contribution is 2.60. The molecular formula is C24H30N2O5. The Morgan fingerprint density at radius 3 is 2.06 bits per heavy atom. The number of carbonyl (C=O) groups excluding carboxylic acids is 4. The molecule has 4 bridgehead atoms. The lowest BCUT2D eigenvalue weighted by molar-refractivity contribution is -0.155. The van der Waals surface area contributed by atoms with Crippen molar-refractivity contribution in [2.24, 2.45) is 23.2 Å². The average molecular weight is 427 g/mol. The van der Waals surface area contributed by atoms with Gasteiger partial charge in [-0.2, -0.15) is 0 Å². The number of ketones is 1. The fourth-order valence-electron chi connectivity index (χ4n) is 6.05. The Hall–Kier alpha value is -2.70. The fraction of sp³-hybridized carbons (Fsp3) is 0.583. The van der Waals surface area contributed by atoms with Crippen LogP contribution in [0.2, 0.25) is 0 Å². The molecule has 0 saturated heterocycles. The molecule has 1 aromatic rings. The minimum Gasteiger partial charge on any atom is -0.451 e. The van der Waals surface area contributed by atoms with Crippen molar-refractivity contribution in [3.63, 3.8) is 0 Å². The van der Waals surface area contributed by atoms with Gasteiger partial charge in [0.25, 0.3) is 5.91 Å². The number of ether oxygens (including phenoxy) is 1. The summed E-state index contributed by atoms with van der Waals surface area (Å²) in [5.41, 5.74) is 0.740. The molecular weight excluding hydrogens is 396 g/mol. The van der Waals surface area contributed by atoms with Crippen LogP contribution in [0.25, 0.3) is 0 Å². The van der Waals surface area contributed by atoms with E-state index >= 15 is 0 Å². The second-order valence-corrected chi connectivity index (χ2v) is 9.64. The highest BCUT2D eigenvalue weighted by atomic mass is 16.5. The zero-order valence-corrected chi connectivity index (χ0v) is 18.1. The van der Waals surface area contributed by atoms with Gasteiger partial charge in [-0.15, -0.1) is 0 Å². The van der Waals surface area contributed by atoms with Crippen LogP contribution in [0.15, 0.2) is 24.3 Å². The van der Waals surface area contributed by atoms with Gasteiger partial charge in [-0.3, -0.25) is 19.2 Å². The lowest BCUT2D eigenvalue weighted by Gasteiger charge is -2.55. The molecule has 31 heavy (non-hydrogen) atoms. The topological polar surface area (TPSA) is 102 Å². The van der Waals surface area contributed by atoms with Crippen molar-refractivity contribution in [2.75, 3.05) is 11.9 Å². The maximum absolute atomic E-state index is 12.9. The summed E-state index contributed by atoms with van der Waals surface area (Å²) in [5, 5.41) is 5.43. The zero-order chi connectivity index (χ0) is 22.2. The molecule has 0 radical (unpaired) electrons. The van der Waals surface area contributed by atoms with E-state index in [1.807, 2.05) is 0 Å². The summed E-state index contributed by atoms with van der Waals surface area (Å²) >= 11 is 0. The number of amides is 2. The van der Waals surface area contributed by atoms with Gasteiger partial charge in [-0.05, 0) is 94.4 Å². The molecule has 0 spiro atoms. The molecule has 4 saturated carbocycles. The number of hydrogen-bond donors (Lipinski definition) is 2. The predicted molar refractivity (Wildman–Crippen MR) is 114 cm³/mol. The van der Waals surface area contributed by atoms with Crippen LogP contribution in [-0.4, -0.2) is 36.2 Å². The van der Waals surface area contributed by atoms with Gasteiger partial charge in [-0.25, -0.2) is 0 Å². The van der Waals surface area contributed by atoms with Crippen molar-refractivity contribution in [2.45, 2.75) is 58.5 Å². The predicted octanol–water partition coefficient (Wildman–Crippen LogP) is 3.09. The van der Waals surface area contributed by atoms with E-state index in [2.05, 4.69) is 10.6 Å². The maximum Gasteiger partial charge on any atom is 0.326 e. The van der Waals surface area contributed by atoms with Crippen molar-refractivity contribution in [1.29, 1.82) is 0 Å². The van der Waals surface area contributed by atoms with Crippen molar-refractivity contribution in [3.8, 4) is 0 Å². The summed E-state index contributed by atoms with van der Waals surface area (Å²) in [6.45, 7) is 2.72. The number of nitrogens with one attached hydrogen (secondary N) is 2. The van der Waals surface area contributed by atoms with Gasteiger partial charge in [-0.1, -0.05) is 0 Å². The van der Waals surface area contributed by atoms with Gasteiger partial charge < -0.3 is 15.4 Å². The van der Waals surface area contributed by atoms with Crippen LogP contribution in [0.1, 0.15) is 62.7 Å². The summed E-state index contributed by atoms with van der Waals surface area (Å²) < 4.78 is 5.20. The van der Waals surface area contributed by atoms with Crippen LogP contribution < -0.4 is 10.6 Å². The Kier molecular flexibility index (Phi) is 5.86. The SMILES string of the molecule is CC(=O)c1ccc(NC(=O)[C@@H](C)OC(=O)CNC(=O)C23CC4CC(CC(C4)C2)C3)cc1. The third-order valence-corrected chi connectivity index (χ3v) is 7.15. The first-order valence-electron chi connectivity index (χ1n) is 11.1. The van der Waals surface area contributed by atoms with E-state index in [0.29, 0.717) is 29.0 Å². The highest BCUT2D eigenvalue weighted by Gasteiger charge is 2.54. The summed E-state index contributed by atoms with van der Waals surface area (Å²) in [4.78, 5) is 48.7. The molecule has 4 aliphatic carbocycles. The van der Waals surface area contributed by atoms with E-state index in [1.165, 1.54) is 33.1 Å². The van der Waals surface area contributed by atoms with Crippen LogP contribution in [0.4, 0.5) is 5.69 Å². The standard InChI is InChI=1S/C24H30N2O5/c1-14(27)19-3-5-20(6-4-19)26-22(29)15(2)31-21(28)13-25-23(30)24-10-16-7-17(11-24)9-18(8-16)12-24/h3-6,15-18H,7-13H2,1-2H3,(H,25,30)(H,26,29)/t15-,16?,17?,18?,24?/m1/s1. The lowest BCUT2D eigenvalue weighted by Crippen LogP contribution is -2.54. The molecule has 0 unspecified atom stereocenters. The number of rotatable bonds is 7. The molecule has 166 valence electrons. The second-order valence-electron chi connectivity index (χ2n) is 9.64. The third kappa shape index (κ3) is 4.65. The van der Waals surface area contributed by atoms with Crippen molar-refractivity contribution < 1.29 is 23.9 Å². The van der Waals surface area contributed by atoms with E-state index in [9.17, 15) is 19.2 Å². The van der Waals surface area contributed by atoms with Crippen LogP contribution in [0.5, 0.6) is 0 Å². The van der Waals surface area contributed by atoms with Crippen LogP contribution >= 0.6 is 0 Å². The molecule has 0 aliphatic heterocycles. The van der Waals surface area contributed by atoms with Crippen LogP contribution in [0, 0.1) is 23.2 Å². The first-order valence-corrected chi connectivity index (χ1v) is 11.1. The highest BCUT2D eigenvalue weighted by molar-refractivity contribution is 5.97. The van der Waals surface area contributed by atoms with Crippen LogP contribution in [0.3, 0.4) is 0 Å². The van der Waals surface area contributed by atoms with Crippen molar-refractivity contribution in [3.05, 3.63) is 29.8 Å². The lowest BCUT2D eigenvalue weighted by atomic mass is 9.49. The van der Waals surface area contributed by atoms with Crippen molar-refractivity contribution >= 4 is 29.3 Å². The molecule has 5 rings (SSSR count). The van der Waals surface area contributed by atoms with E-state index < -0.39 is 18.0 Å². The van der Waals surface area contributed by atoms with Gasteiger partial charge in [0.2, 0.25) is 5.91 Å². The summed E-state index contributed by atoms with van der Waals surface area (Å²) in [6, 6.07) is 6.48.